The van der Waals surface area contributed by atoms with Gasteiger partial charge in [0.05, 0.1) is 28.0 Å². The molecule has 3 aromatic heterocycles. The second-order valence-electron chi connectivity index (χ2n) is 5.69. The van der Waals surface area contributed by atoms with E-state index in [-0.39, 0.29) is 33.8 Å². The minimum atomic E-state index is -4.72. The highest BCUT2D eigenvalue weighted by molar-refractivity contribution is 5.90. The van der Waals surface area contributed by atoms with Crippen LogP contribution < -0.4 is 5.56 Å². The number of aryl methyl sites for hydroxylation is 1. The number of nitrogens with zero attached hydrogens (tertiary/aromatic N) is 5. The number of aromatic nitrogens is 6. The molecule has 4 rings (SSSR count). The Kier molecular flexibility index (Phi) is 3.35. The fraction of sp³-hybridized carbons (Fsp3) is 0.133. The van der Waals surface area contributed by atoms with Gasteiger partial charge in [-0.15, -0.1) is 0 Å². The maximum atomic E-state index is 13.5. The van der Waals surface area contributed by atoms with Crippen molar-refractivity contribution in [3.05, 3.63) is 52.1 Å². The van der Waals surface area contributed by atoms with Crippen LogP contribution in [0.5, 0.6) is 0 Å². The highest BCUT2D eigenvalue weighted by atomic mass is 19.4. The number of nitrogens with one attached hydrogen (secondary N) is 1. The molecule has 4 aromatic rings. The third kappa shape index (κ3) is 2.45. The monoisotopic (exact) mass is 378 g/mol. The van der Waals surface area contributed by atoms with Crippen LogP contribution in [0, 0.1) is 6.92 Å². The first-order chi connectivity index (χ1) is 12.7. The number of imidazole rings is 1. The second kappa shape index (κ2) is 5.40. The molecule has 9 nitrogen and oxygen atoms in total. The van der Waals surface area contributed by atoms with E-state index in [0.29, 0.717) is 0 Å². The Morgan fingerprint density at radius 1 is 1.30 bits per heavy atom. The zero-order chi connectivity index (χ0) is 19.5. The van der Waals surface area contributed by atoms with Crippen LogP contribution in [0.1, 0.15) is 21.7 Å². The molecule has 0 aliphatic heterocycles. The fourth-order valence-corrected chi connectivity index (χ4v) is 2.94. The lowest BCUT2D eigenvalue weighted by Gasteiger charge is -2.14. The van der Waals surface area contributed by atoms with Crippen LogP contribution in [0.15, 0.2) is 29.6 Å². The highest BCUT2D eigenvalue weighted by Crippen LogP contribution is 2.36. The van der Waals surface area contributed by atoms with Crippen LogP contribution >= 0.6 is 0 Å². The van der Waals surface area contributed by atoms with Crippen molar-refractivity contribution < 1.29 is 23.1 Å². The van der Waals surface area contributed by atoms with Gasteiger partial charge < -0.3 is 10.1 Å². The number of carboxylic acid groups (broad SMARTS) is 1. The fourth-order valence-electron chi connectivity index (χ4n) is 2.94. The van der Waals surface area contributed by atoms with Gasteiger partial charge in [-0.05, 0) is 19.1 Å². The topological polar surface area (TPSA) is 118 Å². The summed E-state index contributed by atoms with van der Waals surface area (Å²) in [5, 5.41) is 13.0. The number of carbonyl (C=O) groups is 1. The Balaban J connectivity index is 2.20. The molecule has 1 aromatic carbocycles. The van der Waals surface area contributed by atoms with E-state index >= 15 is 0 Å². The van der Waals surface area contributed by atoms with E-state index < -0.39 is 23.3 Å². The number of aromatic carboxylic acids is 1. The molecule has 0 aliphatic carbocycles. The van der Waals surface area contributed by atoms with Gasteiger partial charge in [0.2, 0.25) is 5.65 Å². The summed E-state index contributed by atoms with van der Waals surface area (Å²) in [4.78, 5) is 33.3. The summed E-state index contributed by atoms with van der Waals surface area (Å²) in [7, 11) is 0. The van der Waals surface area contributed by atoms with Crippen molar-refractivity contribution in [1.29, 1.82) is 0 Å². The van der Waals surface area contributed by atoms with Crippen LogP contribution in [0.3, 0.4) is 0 Å². The molecule has 0 radical (unpaired) electrons. The summed E-state index contributed by atoms with van der Waals surface area (Å²) >= 11 is 0. The first-order valence-electron chi connectivity index (χ1n) is 7.43. The number of halogens is 3. The van der Waals surface area contributed by atoms with Crippen molar-refractivity contribution >= 4 is 22.6 Å². The van der Waals surface area contributed by atoms with Gasteiger partial charge in [-0.2, -0.15) is 18.3 Å². The van der Waals surface area contributed by atoms with Crippen molar-refractivity contribution in [3.63, 3.8) is 0 Å². The molecule has 0 aliphatic rings. The minimum absolute atomic E-state index is 0.109. The van der Waals surface area contributed by atoms with Crippen LogP contribution in [-0.4, -0.2) is 40.2 Å². The van der Waals surface area contributed by atoms with Gasteiger partial charge in [0, 0.05) is 0 Å². The molecule has 27 heavy (non-hydrogen) atoms. The van der Waals surface area contributed by atoms with E-state index in [1.807, 2.05) is 0 Å². The van der Waals surface area contributed by atoms with Crippen LogP contribution in [0.2, 0.25) is 0 Å². The van der Waals surface area contributed by atoms with Crippen molar-refractivity contribution in [2.75, 3.05) is 0 Å². The normalized spacial score (nSPS) is 12.1. The number of hydrogen-bond donors (Lipinski definition) is 2. The first kappa shape index (κ1) is 16.8. The van der Waals surface area contributed by atoms with E-state index in [4.69, 9.17) is 0 Å². The molecular weight excluding hydrogens is 369 g/mol. The summed E-state index contributed by atoms with van der Waals surface area (Å²) in [6.45, 7) is 1.41. The molecule has 12 heteroatoms. The third-order valence-electron chi connectivity index (χ3n) is 4.09. The number of alkyl halides is 3. The van der Waals surface area contributed by atoms with Gasteiger partial charge in [0.15, 0.2) is 5.69 Å². The lowest BCUT2D eigenvalue weighted by atomic mass is 10.1. The molecule has 138 valence electrons. The maximum Gasteiger partial charge on any atom is 0.418 e. The molecule has 0 atom stereocenters. The Bertz CT molecular complexity index is 1270. The number of rotatable bonds is 2. The van der Waals surface area contributed by atoms with E-state index in [1.165, 1.54) is 11.3 Å². The van der Waals surface area contributed by atoms with E-state index in [9.17, 15) is 27.9 Å². The van der Waals surface area contributed by atoms with Gasteiger partial charge >= 0.3 is 12.1 Å². The summed E-state index contributed by atoms with van der Waals surface area (Å²) in [6, 6.07) is 1.92. The predicted octanol–water partition coefficient (Wildman–Crippen LogP) is 1.78. The number of hydrogen-bond acceptors (Lipinski definition) is 5. The molecule has 0 saturated carbocycles. The Morgan fingerprint density at radius 2 is 2.04 bits per heavy atom. The number of benzene rings is 1. The standard InChI is InChI=1S/C15H9F3N6O3/c1-6-11(14(26)27)22-12-13(25)21-8-2-7(15(16,17)18)9(3-10(8)24(6)12)23-5-19-4-20-23/h2-5H,1H3,(H,21,25)(H,26,27). The van der Waals surface area contributed by atoms with Gasteiger partial charge in [0.25, 0.3) is 5.56 Å². The molecule has 0 amide bonds. The van der Waals surface area contributed by atoms with E-state index in [0.717, 1.165) is 29.5 Å². The average molecular weight is 378 g/mol. The lowest BCUT2D eigenvalue weighted by molar-refractivity contribution is -0.137. The molecule has 3 heterocycles. The van der Waals surface area contributed by atoms with Gasteiger partial charge in [0.1, 0.15) is 12.7 Å². The smallest absolute Gasteiger partial charge is 0.418 e. The molecular formula is C15H9F3N6O3. The van der Waals surface area contributed by atoms with E-state index in [2.05, 4.69) is 20.1 Å². The molecule has 0 saturated heterocycles. The molecule has 2 N–H and O–H groups in total. The number of H-pyrrole nitrogens is 1. The lowest BCUT2D eigenvalue weighted by Crippen LogP contribution is -2.15. The van der Waals surface area contributed by atoms with Crippen molar-refractivity contribution in [3.8, 4) is 5.69 Å². The maximum absolute atomic E-state index is 13.5. The molecule has 0 fully saturated rings. The zero-order valence-electron chi connectivity index (χ0n) is 13.4. The summed E-state index contributed by atoms with van der Waals surface area (Å²) < 4.78 is 42.7. The quantitative estimate of drug-likeness (QED) is 0.549. The molecule has 0 spiro atoms. The summed E-state index contributed by atoms with van der Waals surface area (Å²) in [5.74, 6) is -1.35. The van der Waals surface area contributed by atoms with E-state index in [1.54, 1.807) is 0 Å². The van der Waals surface area contributed by atoms with Gasteiger partial charge in [-0.1, -0.05) is 0 Å². The number of fused-ring (bicyclic) bond motifs is 3. The largest absolute Gasteiger partial charge is 0.476 e. The van der Waals surface area contributed by atoms with Crippen LogP contribution in [0.4, 0.5) is 13.2 Å². The SMILES string of the molecule is Cc1c(C(=O)O)nc2c(=O)[nH]c3cc(C(F)(F)F)c(-n4cncn4)cc3n12. The van der Waals surface area contributed by atoms with Crippen molar-refractivity contribution in [2.45, 2.75) is 13.1 Å². The third-order valence-corrected chi connectivity index (χ3v) is 4.09. The van der Waals surface area contributed by atoms with Crippen molar-refractivity contribution in [1.82, 2.24) is 29.1 Å². The Hall–Kier alpha value is -3.70. The van der Waals surface area contributed by atoms with Gasteiger partial charge in [-0.3, -0.25) is 9.20 Å². The van der Waals surface area contributed by atoms with Gasteiger partial charge in [-0.25, -0.2) is 19.4 Å². The predicted molar refractivity (Wildman–Crippen MR) is 84.9 cm³/mol. The zero-order valence-corrected chi connectivity index (χ0v) is 13.4. The van der Waals surface area contributed by atoms with Crippen LogP contribution in [0.25, 0.3) is 22.4 Å². The first-order valence-corrected chi connectivity index (χ1v) is 7.43. The second-order valence-corrected chi connectivity index (χ2v) is 5.69. The number of carboxylic acids is 1. The van der Waals surface area contributed by atoms with Crippen LogP contribution in [-0.2, 0) is 6.18 Å². The summed E-state index contributed by atoms with van der Waals surface area (Å²) in [6.07, 6.45) is -2.54. The minimum Gasteiger partial charge on any atom is -0.476 e. The molecule has 0 bridgehead atoms. The Morgan fingerprint density at radius 3 is 2.63 bits per heavy atom. The molecule has 0 unspecified atom stereocenters. The Labute approximate surface area is 146 Å². The number of aromatic amines is 1. The van der Waals surface area contributed by atoms with Crippen molar-refractivity contribution in [2.24, 2.45) is 0 Å². The summed E-state index contributed by atoms with van der Waals surface area (Å²) in [5.41, 5.74) is -2.64. The highest BCUT2D eigenvalue weighted by Gasteiger charge is 2.35. The average Bonchev–Trinajstić information content (AvgIpc) is 3.21.